The monoisotopic (exact) mass is 490 g/mol. The zero-order valence-electron chi connectivity index (χ0n) is 21.2. The maximum absolute atomic E-state index is 12.9. The third kappa shape index (κ3) is 4.49. The van der Waals surface area contributed by atoms with Crippen LogP contribution in [0.1, 0.15) is 53.4 Å². The van der Waals surface area contributed by atoms with E-state index in [1.165, 1.54) is 6.92 Å². The molecule has 0 aromatic carbocycles. The molecule has 188 valence electrons. The zero-order valence-corrected chi connectivity index (χ0v) is 22.4. The normalized spacial score (nSPS) is 42.3. The fraction of sp³-hybridized carbons (Fsp3) is 0.731. The predicted molar refractivity (Wildman–Crippen MR) is 129 cm³/mol. The summed E-state index contributed by atoms with van der Waals surface area (Å²) in [5.74, 6) is 3.01. The topological polar surface area (TPSA) is 121 Å². The Morgan fingerprint density at radius 3 is 2.47 bits per heavy atom. The van der Waals surface area contributed by atoms with Gasteiger partial charge in [0, 0.05) is 23.7 Å². The van der Waals surface area contributed by atoms with Gasteiger partial charge in [0.25, 0.3) is 0 Å². The van der Waals surface area contributed by atoms with Crippen LogP contribution < -0.4 is 0 Å². The van der Waals surface area contributed by atoms with Crippen LogP contribution in [0.15, 0.2) is 23.8 Å². The van der Waals surface area contributed by atoms with E-state index >= 15 is 0 Å². The maximum atomic E-state index is 12.9. The summed E-state index contributed by atoms with van der Waals surface area (Å²) in [6.07, 6.45) is 6.71. The second kappa shape index (κ2) is 9.63. The summed E-state index contributed by atoms with van der Waals surface area (Å²) >= 11 is -1.14. The summed E-state index contributed by atoms with van der Waals surface area (Å²) in [5, 5.41) is 22.9. The number of carbonyl (C=O) groups is 3. The Kier molecular flexibility index (Phi) is 7.73. The molecule has 0 amide bonds. The van der Waals surface area contributed by atoms with E-state index < -0.39 is 55.4 Å². The molecule has 4 aliphatic rings. The number of ether oxygens (including phenoxy) is 1. The smallest absolute Gasteiger partial charge is 0.451 e. The molecule has 0 aliphatic heterocycles. The molecule has 0 spiro atoms. The van der Waals surface area contributed by atoms with Gasteiger partial charge in [-0.2, -0.15) is 0 Å². The minimum absolute atomic E-state index is 0.00535. The van der Waals surface area contributed by atoms with Gasteiger partial charge in [-0.3, -0.25) is 14.4 Å². The minimum Gasteiger partial charge on any atom is -0.516 e. The van der Waals surface area contributed by atoms with Crippen LogP contribution in [0.4, 0.5) is 0 Å². The lowest BCUT2D eigenvalue weighted by molar-refractivity contribution is -0.182. The molecule has 8 heteroatoms. The molecule has 34 heavy (non-hydrogen) atoms. The van der Waals surface area contributed by atoms with Crippen molar-refractivity contribution in [2.75, 3.05) is 6.61 Å². The van der Waals surface area contributed by atoms with E-state index in [-0.39, 0.29) is 29.5 Å². The molecule has 8 atom stereocenters. The summed E-state index contributed by atoms with van der Waals surface area (Å²) in [4.78, 5) is 36.1. The number of esters is 1. The Morgan fingerprint density at radius 1 is 1.26 bits per heavy atom. The molecule has 0 saturated heterocycles. The number of rotatable bonds is 3. The predicted octanol–water partition coefficient (Wildman–Crippen LogP) is 2.60. The molecule has 3 fully saturated rings. The first-order chi connectivity index (χ1) is 15.7. The largest absolute Gasteiger partial charge is 0.516 e. The van der Waals surface area contributed by atoms with Crippen LogP contribution in [0, 0.1) is 34.5 Å². The number of hydrogen-bond acceptors (Lipinski definition) is 7. The van der Waals surface area contributed by atoms with Crippen molar-refractivity contribution in [3.05, 3.63) is 23.8 Å². The Balaban J connectivity index is 0.000000751. The van der Waals surface area contributed by atoms with Gasteiger partial charge in [-0.05, 0) is 55.6 Å². The lowest BCUT2D eigenvalue weighted by Crippen LogP contribution is -2.62. The van der Waals surface area contributed by atoms with Gasteiger partial charge in [0.05, 0.1) is 6.10 Å². The van der Waals surface area contributed by atoms with Crippen LogP contribution in [0.5, 0.6) is 0 Å². The van der Waals surface area contributed by atoms with Gasteiger partial charge in [0.1, 0.15) is 5.60 Å². The van der Waals surface area contributed by atoms with Crippen LogP contribution >= 0.6 is 0 Å². The van der Waals surface area contributed by atoms with Crippen LogP contribution in [-0.2, 0) is 19.1 Å². The molecule has 0 bridgehead atoms. The van der Waals surface area contributed by atoms with Gasteiger partial charge in [-0.25, -0.2) is 0 Å². The Bertz CT molecular complexity index is 908. The molecule has 4 rings (SSSR count). The third-order valence-corrected chi connectivity index (χ3v) is 8.84. The number of ketones is 2. The lowest BCUT2D eigenvalue weighted by Gasteiger charge is -2.60. The van der Waals surface area contributed by atoms with E-state index in [1.807, 2.05) is 24.6 Å². The summed E-state index contributed by atoms with van der Waals surface area (Å²) < 4.78 is 13.1. The van der Waals surface area contributed by atoms with Crippen molar-refractivity contribution in [2.24, 2.45) is 34.5 Å². The standard InChI is InChI=1S/C24H32O6.2CH3.Al.H2O/c1-13-9-16-17-6-8-24(29,20(28)12-30-14(2)25)23(17,4)11-19(27)21(16)22(3)7-5-15(26)10-18(13)22;;;;/h5,7,10,13,16-17,19,21,27,29H,6,8-9,11-12H2,1-4H3;2*1H3;;1H2/q;;;+1;/p-1/t13-,16-,17-,19-,21+,22-,23-,24-;;;;/m0..../s1. The number of aliphatic hydroxyl groups is 2. The van der Waals surface area contributed by atoms with Crippen molar-refractivity contribution >= 4 is 32.0 Å². The van der Waals surface area contributed by atoms with E-state index in [1.54, 1.807) is 12.2 Å². The van der Waals surface area contributed by atoms with Crippen molar-refractivity contribution in [1.82, 2.24) is 0 Å². The van der Waals surface area contributed by atoms with Gasteiger partial charge in [0.2, 0.25) is 5.78 Å². The van der Waals surface area contributed by atoms with Crippen molar-refractivity contribution in [3.8, 4) is 0 Å². The van der Waals surface area contributed by atoms with Crippen LogP contribution in [0.3, 0.4) is 0 Å². The van der Waals surface area contributed by atoms with Crippen molar-refractivity contribution in [1.29, 1.82) is 0 Å². The van der Waals surface area contributed by atoms with E-state index in [9.17, 15) is 24.6 Å². The highest BCUT2D eigenvalue weighted by Crippen LogP contribution is 2.67. The van der Waals surface area contributed by atoms with E-state index in [4.69, 9.17) is 8.90 Å². The molecule has 0 radical (unpaired) electrons. The molecule has 4 aliphatic carbocycles. The van der Waals surface area contributed by atoms with Gasteiger partial charge < -0.3 is 19.1 Å². The molecule has 3 N–H and O–H groups in total. The maximum Gasteiger partial charge on any atom is 0.451 e. The molecule has 0 aromatic rings. The minimum atomic E-state index is -1.61. The molecular weight excluding hydrogens is 451 g/mol. The highest BCUT2D eigenvalue weighted by molar-refractivity contribution is 6.46. The first-order valence-corrected chi connectivity index (χ1v) is 15.2. The fourth-order valence-corrected chi connectivity index (χ4v) is 7.50. The number of carbonyl (C=O) groups excluding carboxylic acids is 3. The fourth-order valence-electron chi connectivity index (χ4n) is 7.50. The molecule has 0 unspecified atom stereocenters. The third-order valence-electron chi connectivity index (χ3n) is 8.84. The van der Waals surface area contributed by atoms with Gasteiger partial charge >= 0.3 is 20.5 Å². The van der Waals surface area contributed by atoms with Gasteiger partial charge in [-0.1, -0.05) is 44.0 Å². The van der Waals surface area contributed by atoms with Crippen molar-refractivity contribution in [3.63, 3.8) is 0 Å². The molecule has 0 aromatic heterocycles. The van der Waals surface area contributed by atoms with E-state index in [0.29, 0.717) is 19.3 Å². The molecule has 0 heterocycles. The summed E-state index contributed by atoms with van der Waals surface area (Å²) in [5.41, 5.74) is -1.72. The van der Waals surface area contributed by atoms with E-state index in [0.717, 1.165) is 12.0 Å². The SMILES string of the molecule is CC(=O)OCC(=O)[C@@]1(O)CC[C@H]2[C@@H]3C[C@H](C)C4=CC(=O)C=C[C@]4(C)[C@H]3[C@@H](O)C[C@@]21C.[CH3][Al]([CH3])[OH]. The second-order valence-electron chi connectivity index (χ2n) is 11.4. The number of fused-ring (bicyclic) bond motifs is 5. The second-order valence-corrected chi connectivity index (χ2v) is 13.6. The number of hydrogen-bond donors (Lipinski definition) is 3. The van der Waals surface area contributed by atoms with Crippen LogP contribution in [0.25, 0.3) is 0 Å². The van der Waals surface area contributed by atoms with Crippen LogP contribution in [-0.4, -0.2) is 64.7 Å². The van der Waals surface area contributed by atoms with E-state index in [2.05, 4.69) is 13.8 Å². The van der Waals surface area contributed by atoms with Gasteiger partial charge in [0.15, 0.2) is 12.4 Å². The quantitative estimate of drug-likeness (QED) is 0.411. The summed E-state index contributed by atoms with van der Waals surface area (Å²) in [7, 11) is 0. The molecular formula is C26H39AlO7. The van der Waals surface area contributed by atoms with Crippen molar-refractivity contribution in [2.45, 2.75) is 76.7 Å². The lowest BCUT2D eigenvalue weighted by atomic mass is 9.45. The first-order valence-electron chi connectivity index (χ1n) is 12.4. The summed E-state index contributed by atoms with van der Waals surface area (Å²) in [6.45, 7) is 6.94. The van der Waals surface area contributed by atoms with Crippen LogP contribution in [0.2, 0.25) is 11.6 Å². The number of allylic oxidation sites excluding steroid dienone is 4. The molecule has 7 nitrogen and oxygen atoms in total. The van der Waals surface area contributed by atoms with Crippen molar-refractivity contribution < 1.29 is 33.5 Å². The average Bonchev–Trinajstić information content (AvgIpc) is 2.98. The highest BCUT2D eigenvalue weighted by Gasteiger charge is 2.68. The number of aliphatic hydroxyl groups excluding tert-OH is 1. The Hall–Kier alpha value is -1.30. The zero-order chi connectivity index (χ0) is 25.6. The number of Topliss-reactive ketones (excluding diaryl/α,β-unsaturated/α-hetero) is 1. The van der Waals surface area contributed by atoms with Gasteiger partial charge in [-0.15, -0.1) is 0 Å². The molecule has 3 saturated carbocycles. The Labute approximate surface area is 207 Å². The first kappa shape index (κ1) is 27.3. The summed E-state index contributed by atoms with van der Waals surface area (Å²) in [6, 6.07) is 0. The average molecular weight is 491 g/mol. The highest BCUT2D eigenvalue weighted by atomic mass is 27.2. The Morgan fingerprint density at radius 2 is 1.88 bits per heavy atom.